The normalized spacial score (nSPS) is 14.6. The molecule has 1 unspecified atom stereocenters. The largest absolute Gasteiger partial charge is 0.275 e. The second kappa shape index (κ2) is 7.14. The lowest BCUT2D eigenvalue weighted by Crippen LogP contribution is -2.06. The Bertz CT molecular complexity index is 1230. The number of fused-ring (bicyclic) bond motifs is 1. The summed E-state index contributed by atoms with van der Waals surface area (Å²) in [6.45, 7) is 0. The molecule has 0 aliphatic heterocycles. The second-order valence-electron chi connectivity index (χ2n) is 7.87. The van der Waals surface area contributed by atoms with Crippen LogP contribution in [0, 0.1) is 17.2 Å². The lowest BCUT2D eigenvalue weighted by Gasteiger charge is -2.17. The molecule has 1 atom stereocenters. The molecule has 1 aliphatic carbocycles. The number of benzene rings is 2. The van der Waals surface area contributed by atoms with Crippen LogP contribution in [0.25, 0.3) is 22.2 Å². The molecule has 1 fully saturated rings. The first-order chi connectivity index (χ1) is 14.2. The molecular weight excluding hydrogens is 358 g/mol. The van der Waals surface area contributed by atoms with Gasteiger partial charge in [-0.15, -0.1) is 0 Å². The van der Waals surface area contributed by atoms with Crippen LogP contribution in [0.4, 0.5) is 0 Å². The highest BCUT2D eigenvalue weighted by atomic mass is 15.2. The van der Waals surface area contributed by atoms with Gasteiger partial charge >= 0.3 is 0 Å². The molecule has 1 saturated carbocycles. The summed E-state index contributed by atoms with van der Waals surface area (Å²) in [6.07, 6.45) is 9.38. The summed E-state index contributed by atoms with van der Waals surface area (Å²) in [7, 11) is 1.92. The minimum Gasteiger partial charge on any atom is -0.275 e. The van der Waals surface area contributed by atoms with Gasteiger partial charge in [-0.25, -0.2) is 4.98 Å². The van der Waals surface area contributed by atoms with Crippen LogP contribution < -0.4 is 0 Å². The maximum Gasteiger partial charge on any atom is 0.0991 e. The van der Waals surface area contributed by atoms with Crippen molar-refractivity contribution in [3.8, 4) is 17.2 Å². The van der Waals surface area contributed by atoms with Crippen LogP contribution in [-0.4, -0.2) is 19.7 Å². The van der Waals surface area contributed by atoms with Crippen LogP contribution >= 0.6 is 0 Å². The van der Waals surface area contributed by atoms with E-state index in [-0.39, 0.29) is 5.92 Å². The van der Waals surface area contributed by atoms with Crippen LogP contribution in [0.15, 0.2) is 61.1 Å². The van der Waals surface area contributed by atoms with Crippen LogP contribution in [0.3, 0.4) is 0 Å². The molecule has 0 radical (unpaired) electrons. The molecule has 0 saturated heterocycles. The molecule has 0 amide bonds. The molecule has 4 aromatic rings. The first kappa shape index (κ1) is 17.6. The fourth-order valence-electron chi connectivity index (χ4n) is 3.88. The lowest BCUT2D eigenvalue weighted by molar-refractivity contribution is 0.634. The van der Waals surface area contributed by atoms with Crippen molar-refractivity contribution in [3.05, 3.63) is 77.9 Å². The predicted octanol–water partition coefficient (Wildman–Crippen LogP) is 4.83. The van der Waals surface area contributed by atoms with Gasteiger partial charge in [0.15, 0.2) is 0 Å². The maximum atomic E-state index is 9.31. The number of nitrogens with zero attached hydrogens (tertiary/aromatic N) is 5. The third-order valence-electron chi connectivity index (χ3n) is 5.64. The Kier molecular flexibility index (Phi) is 4.33. The minimum absolute atomic E-state index is 0.162. The fourth-order valence-corrected chi connectivity index (χ4v) is 3.88. The quantitative estimate of drug-likeness (QED) is 0.498. The molecule has 2 aromatic heterocycles. The van der Waals surface area contributed by atoms with Gasteiger partial charge in [0.05, 0.1) is 34.6 Å². The van der Waals surface area contributed by atoms with Crippen LogP contribution in [0.1, 0.15) is 42.0 Å². The van der Waals surface area contributed by atoms with Crippen molar-refractivity contribution in [1.29, 1.82) is 5.26 Å². The van der Waals surface area contributed by atoms with Crippen LogP contribution in [-0.2, 0) is 7.05 Å². The van der Waals surface area contributed by atoms with E-state index in [4.69, 9.17) is 4.98 Å². The van der Waals surface area contributed by atoms with Crippen molar-refractivity contribution in [2.45, 2.75) is 25.2 Å². The van der Waals surface area contributed by atoms with E-state index in [2.05, 4.69) is 34.4 Å². The summed E-state index contributed by atoms with van der Waals surface area (Å²) < 4.78 is 1.80. The third-order valence-corrected chi connectivity index (χ3v) is 5.64. The molecule has 2 heterocycles. The molecule has 5 heteroatoms. The average molecular weight is 379 g/mol. The van der Waals surface area contributed by atoms with E-state index in [0.717, 1.165) is 45.8 Å². The molecule has 5 rings (SSSR count). The SMILES string of the molecule is Cn1cc(-c2ccc3ncc(C(CC4CC4)c4cccc(C#N)c4)nc3c2)cn1. The van der Waals surface area contributed by atoms with E-state index < -0.39 is 0 Å². The van der Waals surface area contributed by atoms with Gasteiger partial charge in [0.1, 0.15) is 0 Å². The molecule has 0 spiro atoms. The zero-order chi connectivity index (χ0) is 19.8. The molecule has 1 aliphatic rings. The lowest BCUT2D eigenvalue weighted by atomic mass is 9.89. The van der Waals surface area contributed by atoms with E-state index in [1.807, 2.05) is 49.9 Å². The van der Waals surface area contributed by atoms with Crippen molar-refractivity contribution in [2.75, 3.05) is 0 Å². The van der Waals surface area contributed by atoms with Crippen LogP contribution in [0.5, 0.6) is 0 Å². The van der Waals surface area contributed by atoms with Gasteiger partial charge in [-0.3, -0.25) is 9.67 Å². The number of hydrogen-bond acceptors (Lipinski definition) is 4. The molecule has 5 nitrogen and oxygen atoms in total. The Labute approximate surface area is 169 Å². The Balaban J connectivity index is 1.57. The van der Waals surface area contributed by atoms with E-state index >= 15 is 0 Å². The van der Waals surface area contributed by atoms with Crippen molar-refractivity contribution >= 4 is 11.0 Å². The highest BCUT2D eigenvalue weighted by Crippen LogP contribution is 2.41. The first-order valence-electron chi connectivity index (χ1n) is 9.95. The highest BCUT2D eigenvalue weighted by Gasteiger charge is 2.28. The molecule has 2 aromatic carbocycles. The topological polar surface area (TPSA) is 67.4 Å². The first-order valence-corrected chi connectivity index (χ1v) is 9.95. The second-order valence-corrected chi connectivity index (χ2v) is 7.87. The Hall–Kier alpha value is -3.52. The van der Waals surface area contributed by atoms with Gasteiger partial charge in [0.2, 0.25) is 0 Å². The summed E-state index contributed by atoms with van der Waals surface area (Å²) in [6, 6.07) is 16.3. The summed E-state index contributed by atoms with van der Waals surface area (Å²) >= 11 is 0. The molecule has 142 valence electrons. The summed E-state index contributed by atoms with van der Waals surface area (Å²) in [4.78, 5) is 9.70. The monoisotopic (exact) mass is 379 g/mol. The zero-order valence-electron chi connectivity index (χ0n) is 16.3. The number of hydrogen-bond donors (Lipinski definition) is 0. The van der Waals surface area contributed by atoms with Gasteiger partial charge in [0, 0.05) is 30.9 Å². The Morgan fingerprint density at radius 3 is 2.76 bits per heavy atom. The van der Waals surface area contributed by atoms with Crippen molar-refractivity contribution in [3.63, 3.8) is 0 Å². The van der Waals surface area contributed by atoms with E-state index in [1.165, 1.54) is 12.8 Å². The van der Waals surface area contributed by atoms with Gasteiger partial charge in [-0.2, -0.15) is 10.4 Å². The maximum absolute atomic E-state index is 9.31. The molecule has 29 heavy (non-hydrogen) atoms. The number of aromatic nitrogens is 4. The minimum atomic E-state index is 0.162. The summed E-state index contributed by atoms with van der Waals surface area (Å²) in [5.41, 5.74) is 6.74. The standard InChI is InChI=1S/C24H21N5/c1-29-15-20(13-27-29)18-7-8-22-23(11-18)28-24(14-26-22)21(10-16-5-6-16)19-4-2-3-17(9-19)12-25/h2-4,7-9,11,13-16,21H,5-6,10H2,1H3. The van der Waals surface area contributed by atoms with Crippen molar-refractivity contribution in [1.82, 2.24) is 19.7 Å². The summed E-state index contributed by atoms with van der Waals surface area (Å²) in [5.74, 6) is 0.903. The zero-order valence-corrected chi connectivity index (χ0v) is 16.3. The smallest absolute Gasteiger partial charge is 0.0991 e. The predicted molar refractivity (Wildman–Crippen MR) is 112 cm³/mol. The van der Waals surface area contributed by atoms with Crippen molar-refractivity contribution < 1.29 is 0 Å². The van der Waals surface area contributed by atoms with Gasteiger partial charge in [-0.1, -0.05) is 31.0 Å². The highest BCUT2D eigenvalue weighted by molar-refractivity contribution is 5.81. The molecular formula is C24H21N5. The van der Waals surface area contributed by atoms with Gasteiger partial charge < -0.3 is 0 Å². The third kappa shape index (κ3) is 3.62. The average Bonchev–Trinajstić information content (AvgIpc) is 3.48. The molecule has 0 bridgehead atoms. The van der Waals surface area contributed by atoms with Gasteiger partial charge in [0.25, 0.3) is 0 Å². The van der Waals surface area contributed by atoms with Crippen LogP contribution in [0.2, 0.25) is 0 Å². The number of aryl methyl sites for hydroxylation is 1. The molecule has 0 N–H and O–H groups in total. The van der Waals surface area contributed by atoms with Gasteiger partial charge in [-0.05, 0) is 47.7 Å². The number of rotatable bonds is 5. The number of nitriles is 1. The Morgan fingerprint density at radius 1 is 1.10 bits per heavy atom. The Morgan fingerprint density at radius 2 is 2.00 bits per heavy atom. The van der Waals surface area contributed by atoms with E-state index in [9.17, 15) is 5.26 Å². The fraction of sp³-hybridized carbons (Fsp3) is 0.250. The van der Waals surface area contributed by atoms with E-state index in [1.54, 1.807) is 4.68 Å². The van der Waals surface area contributed by atoms with Crippen molar-refractivity contribution in [2.24, 2.45) is 13.0 Å². The summed E-state index contributed by atoms with van der Waals surface area (Å²) in [5, 5.41) is 13.6. The van der Waals surface area contributed by atoms with E-state index in [0.29, 0.717) is 5.56 Å².